The fourth-order valence-electron chi connectivity index (χ4n) is 3.48. The molecule has 2 rings (SSSR count). The third-order valence-electron chi connectivity index (χ3n) is 4.50. The van der Waals surface area contributed by atoms with Gasteiger partial charge in [0.2, 0.25) is 0 Å². The van der Waals surface area contributed by atoms with Gasteiger partial charge in [-0.1, -0.05) is 44.4 Å². The van der Waals surface area contributed by atoms with Gasteiger partial charge in [0, 0.05) is 11.6 Å². The van der Waals surface area contributed by atoms with Gasteiger partial charge in [0.05, 0.1) is 7.11 Å². The van der Waals surface area contributed by atoms with Gasteiger partial charge in [0.25, 0.3) is 0 Å². The summed E-state index contributed by atoms with van der Waals surface area (Å²) in [6, 6.07) is 6.95. The van der Waals surface area contributed by atoms with Gasteiger partial charge in [-0.2, -0.15) is 0 Å². The Kier molecular flexibility index (Phi) is 4.87. The fourth-order valence-corrected chi connectivity index (χ4v) is 3.48. The van der Waals surface area contributed by atoms with Gasteiger partial charge in [-0.25, -0.2) is 0 Å². The molecule has 0 aliphatic heterocycles. The van der Waals surface area contributed by atoms with E-state index in [2.05, 4.69) is 44.3 Å². The summed E-state index contributed by atoms with van der Waals surface area (Å²) < 4.78 is 5.58. The minimum atomic E-state index is 0.428. The molecule has 0 spiro atoms. The van der Waals surface area contributed by atoms with E-state index in [0.29, 0.717) is 6.04 Å². The normalized spacial score (nSPS) is 24.4. The van der Waals surface area contributed by atoms with E-state index >= 15 is 0 Å². The SMILES string of the molecule is CCNC(c1cc(C)ccc1OC)C1CCCC1C. The molecule has 106 valence electrons. The largest absolute Gasteiger partial charge is 0.496 e. The van der Waals surface area contributed by atoms with Crippen LogP contribution in [-0.2, 0) is 0 Å². The number of ether oxygens (including phenoxy) is 1. The highest BCUT2D eigenvalue weighted by Crippen LogP contribution is 2.42. The standard InChI is InChI=1S/C17H27NO/c1-5-18-17(14-8-6-7-13(14)3)15-11-12(2)9-10-16(15)19-4/h9-11,13-14,17-18H,5-8H2,1-4H3. The van der Waals surface area contributed by atoms with E-state index in [1.54, 1.807) is 7.11 Å². The van der Waals surface area contributed by atoms with Gasteiger partial charge >= 0.3 is 0 Å². The molecular formula is C17H27NO. The zero-order valence-corrected chi connectivity index (χ0v) is 12.7. The first-order valence-electron chi connectivity index (χ1n) is 7.55. The maximum Gasteiger partial charge on any atom is 0.123 e. The first kappa shape index (κ1) is 14.4. The second-order valence-corrected chi connectivity index (χ2v) is 5.85. The average molecular weight is 261 g/mol. The molecule has 0 amide bonds. The lowest BCUT2D eigenvalue weighted by Gasteiger charge is -2.29. The minimum absolute atomic E-state index is 0.428. The number of rotatable bonds is 5. The fraction of sp³-hybridized carbons (Fsp3) is 0.647. The summed E-state index contributed by atoms with van der Waals surface area (Å²) >= 11 is 0. The van der Waals surface area contributed by atoms with Crippen molar-refractivity contribution in [3.05, 3.63) is 29.3 Å². The van der Waals surface area contributed by atoms with E-state index in [0.717, 1.165) is 24.1 Å². The summed E-state index contributed by atoms with van der Waals surface area (Å²) in [7, 11) is 1.77. The van der Waals surface area contributed by atoms with Crippen molar-refractivity contribution in [3.63, 3.8) is 0 Å². The third-order valence-corrected chi connectivity index (χ3v) is 4.50. The lowest BCUT2D eigenvalue weighted by atomic mass is 9.85. The molecule has 1 aliphatic rings. The number of methoxy groups -OCH3 is 1. The molecule has 3 unspecified atom stereocenters. The van der Waals surface area contributed by atoms with Crippen LogP contribution in [0, 0.1) is 18.8 Å². The highest BCUT2D eigenvalue weighted by Gasteiger charge is 2.32. The van der Waals surface area contributed by atoms with Crippen LogP contribution in [0.25, 0.3) is 0 Å². The molecule has 1 fully saturated rings. The Morgan fingerprint density at radius 2 is 2.16 bits per heavy atom. The summed E-state index contributed by atoms with van der Waals surface area (Å²) in [6.45, 7) is 7.74. The maximum atomic E-state index is 5.58. The van der Waals surface area contributed by atoms with Gasteiger partial charge in [-0.15, -0.1) is 0 Å². The van der Waals surface area contributed by atoms with Crippen LogP contribution in [0.15, 0.2) is 18.2 Å². The highest BCUT2D eigenvalue weighted by molar-refractivity contribution is 5.39. The number of benzene rings is 1. The van der Waals surface area contributed by atoms with Crippen molar-refractivity contribution < 1.29 is 4.74 Å². The highest BCUT2D eigenvalue weighted by atomic mass is 16.5. The van der Waals surface area contributed by atoms with Crippen LogP contribution in [0.5, 0.6) is 5.75 Å². The topological polar surface area (TPSA) is 21.3 Å². The third kappa shape index (κ3) is 3.11. The van der Waals surface area contributed by atoms with Crippen molar-refractivity contribution in [1.82, 2.24) is 5.32 Å². The summed E-state index contributed by atoms with van der Waals surface area (Å²) in [5, 5.41) is 3.69. The predicted molar refractivity (Wildman–Crippen MR) is 80.7 cm³/mol. The maximum absolute atomic E-state index is 5.58. The summed E-state index contributed by atoms with van der Waals surface area (Å²) in [5.74, 6) is 2.56. The lowest BCUT2D eigenvalue weighted by Crippen LogP contribution is -2.30. The molecule has 3 atom stereocenters. The monoisotopic (exact) mass is 261 g/mol. The molecule has 0 heterocycles. The minimum Gasteiger partial charge on any atom is -0.496 e. The summed E-state index contributed by atoms with van der Waals surface area (Å²) in [5.41, 5.74) is 2.65. The molecule has 2 heteroatoms. The smallest absolute Gasteiger partial charge is 0.123 e. The summed E-state index contributed by atoms with van der Waals surface area (Å²) in [6.07, 6.45) is 4.05. The Balaban J connectivity index is 2.35. The van der Waals surface area contributed by atoms with Gasteiger partial charge in [0.1, 0.15) is 5.75 Å². The Hall–Kier alpha value is -1.02. The quantitative estimate of drug-likeness (QED) is 0.862. The Morgan fingerprint density at radius 3 is 2.74 bits per heavy atom. The molecule has 1 aliphatic carbocycles. The van der Waals surface area contributed by atoms with Gasteiger partial charge in [-0.05, 0) is 37.8 Å². The molecule has 1 saturated carbocycles. The molecule has 0 radical (unpaired) electrons. The van der Waals surface area contributed by atoms with Gasteiger partial charge in [0.15, 0.2) is 0 Å². The van der Waals surface area contributed by atoms with Crippen molar-refractivity contribution in [3.8, 4) is 5.75 Å². The van der Waals surface area contributed by atoms with Gasteiger partial charge < -0.3 is 10.1 Å². The first-order valence-corrected chi connectivity index (χ1v) is 7.55. The van der Waals surface area contributed by atoms with Crippen molar-refractivity contribution in [1.29, 1.82) is 0 Å². The van der Waals surface area contributed by atoms with E-state index in [4.69, 9.17) is 4.74 Å². The Labute approximate surface area is 117 Å². The van der Waals surface area contributed by atoms with Crippen LogP contribution >= 0.6 is 0 Å². The van der Waals surface area contributed by atoms with E-state index < -0.39 is 0 Å². The van der Waals surface area contributed by atoms with Crippen LogP contribution in [0.3, 0.4) is 0 Å². The number of aryl methyl sites for hydroxylation is 1. The second-order valence-electron chi connectivity index (χ2n) is 5.85. The second kappa shape index (κ2) is 6.42. The summed E-state index contributed by atoms with van der Waals surface area (Å²) in [4.78, 5) is 0. The van der Waals surface area contributed by atoms with Crippen molar-refractivity contribution in [2.45, 2.75) is 46.1 Å². The molecule has 19 heavy (non-hydrogen) atoms. The average Bonchev–Trinajstić information content (AvgIpc) is 2.82. The molecule has 1 aromatic rings. The van der Waals surface area contributed by atoms with Crippen LogP contribution in [-0.4, -0.2) is 13.7 Å². The molecular weight excluding hydrogens is 234 g/mol. The van der Waals surface area contributed by atoms with E-state index in [-0.39, 0.29) is 0 Å². The van der Waals surface area contributed by atoms with Crippen molar-refractivity contribution >= 4 is 0 Å². The van der Waals surface area contributed by atoms with Crippen LogP contribution in [0.2, 0.25) is 0 Å². The Morgan fingerprint density at radius 1 is 1.37 bits per heavy atom. The zero-order chi connectivity index (χ0) is 13.8. The number of nitrogens with one attached hydrogen (secondary N) is 1. The van der Waals surface area contributed by atoms with E-state index in [1.165, 1.54) is 30.4 Å². The first-order chi connectivity index (χ1) is 9.17. The number of hydrogen-bond donors (Lipinski definition) is 1. The molecule has 1 aromatic carbocycles. The van der Waals surface area contributed by atoms with Crippen LogP contribution < -0.4 is 10.1 Å². The lowest BCUT2D eigenvalue weighted by molar-refractivity contribution is 0.296. The predicted octanol–water partition coefficient (Wildman–Crippen LogP) is 4.09. The molecule has 0 aromatic heterocycles. The van der Waals surface area contributed by atoms with Crippen LogP contribution in [0.4, 0.5) is 0 Å². The zero-order valence-electron chi connectivity index (χ0n) is 12.7. The Bertz CT molecular complexity index is 416. The van der Waals surface area contributed by atoms with E-state index in [9.17, 15) is 0 Å². The van der Waals surface area contributed by atoms with Crippen molar-refractivity contribution in [2.24, 2.45) is 11.8 Å². The van der Waals surface area contributed by atoms with E-state index in [1.807, 2.05) is 0 Å². The van der Waals surface area contributed by atoms with Crippen LogP contribution in [0.1, 0.15) is 50.3 Å². The molecule has 0 bridgehead atoms. The van der Waals surface area contributed by atoms with Crippen molar-refractivity contribution in [2.75, 3.05) is 13.7 Å². The number of hydrogen-bond acceptors (Lipinski definition) is 2. The molecule has 2 nitrogen and oxygen atoms in total. The molecule has 0 saturated heterocycles. The van der Waals surface area contributed by atoms with Gasteiger partial charge in [-0.3, -0.25) is 0 Å². The molecule has 1 N–H and O–H groups in total.